The minimum atomic E-state index is -5.97. The van der Waals surface area contributed by atoms with Crippen LogP contribution in [0.15, 0.2) is 65.9 Å². The number of allylic oxidation sites excluding steroid dienone is 2. The molecular weight excluding hydrogens is 453 g/mol. The van der Waals surface area contributed by atoms with Gasteiger partial charge in [-0.1, -0.05) is 30.3 Å². The fourth-order valence-corrected chi connectivity index (χ4v) is 4.01. The van der Waals surface area contributed by atoms with E-state index in [-0.39, 0.29) is 34.6 Å². The molecule has 2 aromatic carbocycles. The zero-order valence-electron chi connectivity index (χ0n) is 15.9. The second-order valence-corrected chi connectivity index (χ2v) is 8.50. The number of carbonyl (C=O) groups excluding carboxylic acids is 1. The number of ether oxygens (including phenoxy) is 1. The van der Waals surface area contributed by atoms with Crippen LogP contribution in [0.1, 0.15) is 28.4 Å². The van der Waals surface area contributed by atoms with E-state index < -0.39 is 33.5 Å². The summed E-state index contributed by atoms with van der Waals surface area (Å²) in [6.45, 7) is 0. The molecular formula is C21H13F3O7S. The SMILES string of the molecule is O=C1C=CC2=C(C1)Oc1cc(-c3ccccc3C(=O)O)ccc1C2OS(=O)(=O)C(F)(F)F. The van der Waals surface area contributed by atoms with Gasteiger partial charge in [0.05, 0.1) is 12.0 Å². The Hall–Kier alpha value is -3.44. The highest BCUT2D eigenvalue weighted by Gasteiger charge is 2.50. The smallest absolute Gasteiger partial charge is 0.478 e. The topological polar surface area (TPSA) is 107 Å². The van der Waals surface area contributed by atoms with Crippen LogP contribution >= 0.6 is 0 Å². The summed E-state index contributed by atoms with van der Waals surface area (Å²) in [6, 6.07) is 10.1. The zero-order chi connectivity index (χ0) is 23.3. The minimum Gasteiger partial charge on any atom is -0.478 e. The average Bonchev–Trinajstić information content (AvgIpc) is 2.72. The van der Waals surface area contributed by atoms with E-state index in [1.807, 2.05) is 0 Å². The molecule has 0 saturated heterocycles. The van der Waals surface area contributed by atoms with Crippen LogP contribution in [0, 0.1) is 0 Å². The Morgan fingerprint density at radius 3 is 2.53 bits per heavy atom. The van der Waals surface area contributed by atoms with E-state index in [0.29, 0.717) is 11.1 Å². The maximum absolute atomic E-state index is 13.0. The number of rotatable bonds is 4. The highest BCUT2D eigenvalue weighted by atomic mass is 32.2. The molecule has 1 aliphatic carbocycles. The normalized spacial score (nSPS) is 18.1. The molecule has 11 heteroatoms. The van der Waals surface area contributed by atoms with E-state index in [1.165, 1.54) is 36.4 Å². The quantitative estimate of drug-likeness (QED) is 0.533. The van der Waals surface area contributed by atoms with Gasteiger partial charge in [0.25, 0.3) is 0 Å². The van der Waals surface area contributed by atoms with Gasteiger partial charge in [-0.15, -0.1) is 0 Å². The molecule has 1 unspecified atom stereocenters. The molecule has 2 aliphatic rings. The standard InChI is InChI=1S/C21H13F3O7S/c22-21(23,24)32(28,29)31-19-15-7-5-11(13-3-1-2-4-14(13)20(26)27)9-17(15)30-18-10-12(25)6-8-16(18)19/h1-9,19H,10H2,(H,26,27). The van der Waals surface area contributed by atoms with Crippen molar-refractivity contribution in [2.75, 3.05) is 0 Å². The van der Waals surface area contributed by atoms with Gasteiger partial charge >= 0.3 is 21.6 Å². The lowest BCUT2D eigenvalue weighted by atomic mass is 9.90. The molecule has 0 saturated carbocycles. The third-order valence-electron chi connectivity index (χ3n) is 4.89. The van der Waals surface area contributed by atoms with Crippen molar-refractivity contribution in [3.8, 4) is 16.9 Å². The Morgan fingerprint density at radius 2 is 1.84 bits per heavy atom. The fourth-order valence-electron chi connectivity index (χ4n) is 3.44. The van der Waals surface area contributed by atoms with E-state index in [9.17, 15) is 36.3 Å². The molecule has 0 fully saturated rings. The Balaban J connectivity index is 1.84. The van der Waals surface area contributed by atoms with E-state index >= 15 is 0 Å². The van der Waals surface area contributed by atoms with Crippen LogP contribution in [0.25, 0.3) is 11.1 Å². The van der Waals surface area contributed by atoms with Gasteiger partial charge in [-0.05, 0) is 35.4 Å². The molecule has 4 rings (SSSR count). The highest BCUT2D eigenvalue weighted by molar-refractivity contribution is 7.87. The molecule has 1 atom stereocenters. The molecule has 1 N–H and O–H groups in total. The lowest BCUT2D eigenvalue weighted by molar-refractivity contribution is -0.114. The monoisotopic (exact) mass is 466 g/mol. The third kappa shape index (κ3) is 3.80. The summed E-state index contributed by atoms with van der Waals surface area (Å²) in [6.07, 6.45) is 0.261. The number of carbonyl (C=O) groups is 2. The summed E-state index contributed by atoms with van der Waals surface area (Å²) >= 11 is 0. The average molecular weight is 466 g/mol. The van der Waals surface area contributed by atoms with Crippen LogP contribution in [-0.2, 0) is 19.1 Å². The molecule has 7 nitrogen and oxygen atoms in total. The van der Waals surface area contributed by atoms with Crippen molar-refractivity contribution in [3.63, 3.8) is 0 Å². The van der Waals surface area contributed by atoms with Crippen LogP contribution in [0.3, 0.4) is 0 Å². The number of benzene rings is 2. The fraction of sp³-hybridized carbons (Fsp3) is 0.143. The van der Waals surface area contributed by atoms with Gasteiger partial charge < -0.3 is 9.84 Å². The summed E-state index contributed by atoms with van der Waals surface area (Å²) < 4.78 is 72.6. The number of fused-ring (bicyclic) bond motifs is 1. The second-order valence-electron chi connectivity index (χ2n) is 6.94. The molecule has 2 aromatic rings. The summed E-state index contributed by atoms with van der Waals surface area (Å²) in [5.41, 5.74) is -5.05. The molecule has 32 heavy (non-hydrogen) atoms. The van der Waals surface area contributed by atoms with Crippen molar-refractivity contribution >= 4 is 21.9 Å². The Bertz CT molecular complexity index is 1310. The van der Waals surface area contributed by atoms with Crippen LogP contribution in [0.4, 0.5) is 13.2 Å². The van der Waals surface area contributed by atoms with Crippen molar-refractivity contribution in [3.05, 3.63) is 77.1 Å². The van der Waals surface area contributed by atoms with Crippen LogP contribution in [0.5, 0.6) is 5.75 Å². The minimum absolute atomic E-state index is 0.0212. The summed E-state index contributed by atoms with van der Waals surface area (Å²) in [5.74, 6) is -1.68. The Kier molecular flexibility index (Phi) is 5.18. The van der Waals surface area contributed by atoms with E-state index in [0.717, 1.165) is 12.2 Å². The van der Waals surface area contributed by atoms with Gasteiger partial charge in [0.2, 0.25) is 0 Å². The largest absolute Gasteiger partial charge is 0.523 e. The number of carboxylic acids is 1. The van der Waals surface area contributed by atoms with Crippen LogP contribution < -0.4 is 4.74 Å². The zero-order valence-corrected chi connectivity index (χ0v) is 16.7. The summed E-state index contributed by atoms with van der Waals surface area (Å²) in [7, 11) is -5.97. The van der Waals surface area contributed by atoms with Crippen molar-refractivity contribution < 1.29 is 45.2 Å². The van der Waals surface area contributed by atoms with Crippen molar-refractivity contribution in [2.45, 2.75) is 18.0 Å². The maximum atomic E-state index is 13.0. The molecule has 0 amide bonds. The van der Waals surface area contributed by atoms with Crippen LogP contribution in [-0.4, -0.2) is 30.8 Å². The summed E-state index contributed by atoms with van der Waals surface area (Å²) in [4.78, 5) is 23.3. The first kappa shape index (κ1) is 21.8. The number of ketones is 1. The molecule has 1 heterocycles. The Labute approximate surface area is 179 Å². The molecule has 0 radical (unpaired) electrons. The first-order valence-corrected chi connectivity index (χ1v) is 10.5. The van der Waals surface area contributed by atoms with Gasteiger partial charge in [0, 0.05) is 11.1 Å². The number of aromatic carboxylic acids is 1. The van der Waals surface area contributed by atoms with Gasteiger partial charge in [0.15, 0.2) is 5.78 Å². The predicted molar refractivity (Wildman–Crippen MR) is 104 cm³/mol. The summed E-state index contributed by atoms with van der Waals surface area (Å²) in [5, 5.41) is 9.42. The highest BCUT2D eigenvalue weighted by Crippen LogP contribution is 2.46. The van der Waals surface area contributed by atoms with Gasteiger partial charge in [-0.2, -0.15) is 21.6 Å². The first-order chi connectivity index (χ1) is 15.0. The maximum Gasteiger partial charge on any atom is 0.523 e. The van der Waals surface area contributed by atoms with Gasteiger partial charge in [0.1, 0.15) is 17.6 Å². The van der Waals surface area contributed by atoms with Gasteiger partial charge in [-0.3, -0.25) is 4.79 Å². The third-order valence-corrected chi connectivity index (χ3v) is 5.90. The van der Waals surface area contributed by atoms with Gasteiger partial charge in [-0.25, -0.2) is 8.98 Å². The van der Waals surface area contributed by atoms with Crippen molar-refractivity contribution in [1.82, 2.24) is 0 Å². The molecule has 0 bridgehead atoms. The number of hydrogen-bond acceptors (Lipinski definition) is 6. The van der Waals surface area contributed by atoms with E-state index in [1.54, 1.807) is 6.07 Å². The van der Waals surface area contributed by atoms with Crippen molar-refractivity contribution in [1.29, 1.82) is 0 Å². The molecule has 0 aromatic heterocycles. The second kappa shape index (κ2) is 7.61. The number of alkyl halides is 3. The number of halogens is 3. The number of carboxylic acid groups (broad SMARTS) is 1. The van der Waals surface area contributed by atoms with Crippen LogP contribution in [0.2, 0.25) is 0 Å². The Morgan fingerprint density at radius 1 is 1.12 bits per heavy atom. The van der Waals surface area contributed by atoms with E-state index in [2.05, 4.69) is 4.18 Å². The lowest BCUT2D eigenvalue weighted by Crippen LogP contribution is -2.30. The molecule has 1 aliphatic heterocycles. The first-order valence-electron chi connectivity index (χ1n) is 9.06. The lowest BCUT2D eigenvalue weighted by Gasteiger charge is -2.30. The molecule has 166 valence electrons. The van der Waals surface area contributed by atoms with Crippen molar-refractivity contribution in [2.24, 2.45) is 0 Å². The van der Waals surface area contributed by atoms with E-state index in [4.69, 9.17) is 4.74 Å². The number of hydrogen-bond donors (Lipinski definition) is 1. The predicted octanol–water partition coefficient (Wildman–Crippen LogP) is 4.13. The molecule has 0 spiro atoms.